The van der Waals surface area contributed by atoms with E-state index in [2.05, 4.69) is 4.98 Å². The molecule has 0 bridgehead atoms. The van der Waals surface area contributed by atoms with E-state index >= 15 is 0 Å². The topological polar surface area (TPSA) is 88.7 Å². The first-order valence-corrected chi connectivity index (χ1v) is 9.37. The summed E-state index contributed by atoms with van der Waals surface area (Å²) < 4.78 is 10.3. The fourth-order valence-electron chi connectivity index (χ4n) is 2.95. The molecule has 1 fully saturated rings. The quantitative estimate of drug-likeness (QED) is 0.566. The van der Waals surface area contributed by atoms with Crippen LogP contribution in [-0.2, 0) is 9.53 Å². The summed E-state index contributed by atoms with van der Waals surface area (Å²) in [5.74, 6) is -0.664. The Balaban J connectivity index is 1.47. The van der Waals surface area contributed by atoms with E-state index in [0.29, 0.717) is 22.0 Å². The first kappa shape index (κ1) is 19.9. The summed E-state index contributed by atoms with van der Waals surface area (Å²) in [6.07, 6.45) is 3.44. The number of nitrogens with zero attached hydrogens (tertiary/aromatic N) is 1. The van der Waals surface area contributed by atoms with Crippen molar-refractivity contribution in [3.05, 3.63) is 52.3 Å². The van der Waals surface area contributed by atoms with Crippen LogP contribution < -0.4 is 4.74 Å². The third-order valence-corrected chi connectivity index (χ3v) is 4.71. The second-order valence-corrected chi connectivity index (χ2v) is 7.02. The van der Waals surface area contributed by atoms with E-state index in [1.54, 1.807) is 23.1 Å². The normalized spacial score (nSPS) is 13.4. The maximum Gasteiger partial charge on any atom is 0.344 e. The van der Waals surface area contributed by atoms with Crippen molar-refractivity contribution in [3.63, 3.8) is 0 Å². The number of aromatic nitrogens is 1. The number of aryl methyl sites for hydroxylation is 1. The van der Waals surface area contributed by atoms with Gasteiger partial charge in [-0.2, -0.15) is 0 Å². The average molecular weight is 405 g/mol. The van der Waals surface area contributed by atoms with Crippen LogP contribution in [0.2, 0.25) is 5.02 Å². The van der Waals surface area contributed by atoms with Gasteiger partial charge in [0.25, 0.3) is 5.91 Å². The van der Waals surface area contributed by atoms with E-state index in [1.807, 2.05) is 6.92 Å². The van der Waals surface area contributed by atoms with Crippen LogP contribution in [0.5, 0.6) is 5.75 Å². The summed E-state index contributed by atoms with van der Waals surface area (Å²) in [6, 6.07) is 6.53. The number of amides is 1. The van der Waals surface area contributed by atoms with Crippen LogP contribution >= 0.6 is 11.6 Å². The lowest BCUT2D eigenvalue weighted by Crippen LogP contribution is -2.27. The number of esters is 1. The van der Waals surface area contributed by atoms with Gasteiger partial charge in [-0.15, -0.1) is 0 Å². The van der Waals surface area contributed by atoms with Crippen molar-refractivity contribution in [2.45, 2.75) is 19.8 Å². The van der Waals surface area contributed by atoms with Crippen molar-refractivity contribution >= 4 is 29.3 Å². The highest BCUT2D eigenvalue weighted by atomic mass is 35.5. The van der Waals surface area contributed by atoms with Gasteiger partial charge in [-0.05, 0) is 49.6 Å². The Morgan fingerprint density at radius 1 is 1.14 bits per heavy atom. The van der Waals surface area contributed by atoms with E-state index in [4.69, 9.17) is 21.1 Å². The highest BCUT2D eigenvalue weighted by molar-refractivity contribution is 6.30. The molecule has 2 aromatic rings. The monoisotopic (exact) mass is 404 g/mol. The number of aromatic amines is 1. The summed E-state index contributed by atoms with van der Waals surface area (Å²) >= 11 is 5.87. The number of nitrogens with one attached hydrogen (secondary N) is 1. The molecule has 0 unspecified atom stereocenters. The standard InChI is InChI=1S/C20H21ClN2O5/c1-13-8-15(21)4-5-18(13)27-12-19(25)28-11-17(24)14-9-16(22-10-14)20(26)23-6-2-3-7-23/h4-5,8-10,22H,2-3,6-7,11-12H2,1H3. The molecule has 28 heavy (non-hydrogen) atoms. The molecular formula is C20H21ClN2O5. The van der Waals surface area contributed by atoms with Crippen LogP contribution in [0.1, 0.15) is 39.3 Å². The summed E-state index contributed by atoms with van der Waals surface area (Å²) in [5.41, 5.74) is 1.45. The average Bonchev–Trinajstić information content (AvgIpc) is 3.36. The summed E-state index contributed by atoms with van der Waals surface area (Å²) in [7, 11) is 0. The lowest BCUT2D eigenvalue weighted by atomic mass is 10.2. The first-order valence-electron chi connectivity index (χ1n) is 8.99. The zero-order valence-corrected chi connectivity index (χ0v) is 16.3. The van der Waals surface area contributed by atoms with Crippen LogP contribution in [-0.4, -0.2) is 53.8 Å². The molecule has 1 aliphatic rings. The van der Waals surface area contributed by atoms with Crippen molar-refractivity contribution in [2.75, 3.05) is 26.3 Å². The third kappa shape index (κ3) is 4.92. The summed E-state index contributed by atoms with van der Waals surface area (Å²) in [4.78, 5) is 40.9. The molecular weight excluding hydrogens is 384 g/mol. The molecule has 0 radical (unpaired) electrons. The van der Waals surface area contributed by atoms with Gasteiger partial charge in [0, 0.05) is 29.9 Å². The number of benzene rings is 1. The number of hydrogen-bond donors (Lipinski definition) is 1. The number of likely N-dealkylation sites (tertiary alicyclic amines) is 1. The van der Waals surface area contributed by atoms with Gasteiger partial charge in [0.05, 0.1) is 0 Å². The smallest absolute Gasteiger partial charge is 0.344 e. The number of rotatable bonds is 7. The van der Waals surface area contributed by atoms with Crippen LogP contribution in [0.15, 0.2) is 30.5 Å². The lowest BCUT2D eigenvalue weighted by molar-refractivity contribution is -0.144. The van der Waals surface area contributed by atoms with Gasteiger partial charge >= 0.3 is 5.97 Å². The Labute approximate surface area is 167 Å². The maximum atomic E-state index is 12.3. The van der Waals surface area contributed by atoms with Gasteiger partial charge in [0.2, 0.25) is 5.78 Å². The minimum absolute atomic E-state index is 0.125. The predicted octanol–water partition coefficient (Wildman–Crippen LogP) is 3.02. The lowest BCUT2D eigenvalue weighted by Gasteiger charge is -2.13. The molecule has 1 aromatic heterocycles. The largest absolute Gasteiger partial charge is 0.482 e. The molecule has 1 saturated heterocycles. The SMILES string of the molecule is Cc1cc(Cl)ccc1OCC(=O)OCC(=O)c1c[nH]c(C(=O)N2CCCC2)c1. The fourth-order valence-corrected chi connectivity index (χ4v) is 3.18. The number of Topliss-reactive ketones (excluding diaryl/α,β-unsaturated/α-hetero) is 1. The van der Waals surface area contributed by atoms with Crippen LogP contribution in [0.25, 0.3) is 0 Å². The van der Waals surface area contributed by atoms with E-state index < -0.39 is 18.4 Å². The Morgan fingerprint density at radius 3 is 2.61 bits per heavy atom. The van der Waals surface area contributed by atoms with E-state index in [9.17, 15) is 14.4 Å². The maximum absolute atomic E-state index is 12.3. The predicted molar refractivity (Wildman–Crippen MR) is 103 cm³/mol. The second kappa shape index (κ2) is 8.93. The van der Waals surface area contributed by atoms with Crippen LogP contribution in [0, 0.1) is 6.92 Å². The molecule has 7 nitrogen and oxygen atoms in total. The molecule has 2 heterocycles. The molecule has 3 rings (SSSR count). The minimum Gasteiger partial charge on any atom is -0.482 e. The molecule has 1 N–H and O–H groups in total. The highest BCUT2D eigenvalue weighted by Crippen LogP contribution is 2.21. The van der Waals surface area contributed by atoms with E-state index in [1.165, 1.54) is 12.3 Å². The van der Waals surface area contributed by atoms with Gasteiger partial charge in [0.1, 0.15) is 11.4 Å². The van der Waals surface area contributed by atoms with Gasteiger partial charge in [0.15, 0.2) is 13.2 Å². The zero-order chi connectivity index (χ0) is 20.1. The molecule has 0 spiro atoms. The Hall–Kier alpha value is -2.80. The molecule has 8 heteroatoms. The van der Waals surface area contributed by atoms with Gasteiger partial charge < -0.3 is 19.4 Å². The molecule has 1 aromatic carbocycles. The molecule has 0 saturated carbocycles. The summed E-state index contributed by atoms with van der Waals surface area (Å²) in [5, 5.41) is 0.576. The molecule has 0 atom stereocenters. The second-order valence-electron chi connectivity index (χ2n) is 6.58. The van der Waals surface area contributed by atoms with Crippen molar-refractivity contribution in [2.24, 2.45) is 0 Å². The number of ketones is 1. The molecule has 1 amide bonds. The van der Waals surface area contributed by atoms with Crippen molar-refractivity contribution < 1.29 is 23.9 Å². The number of carbonyl (C=O) groups excluding carboxylic acids is 3. The Kier molecular flexibility index (Phi) is 6.36. The molecule has 1 aliphatic heterocycles. The van der Waals surface area contributed by atoms with Crippen molar-refractivity contribution in [3.8, 4) is 5.75 Å². The van der Waals surface area contributed by atoms with E-state index in [0.717, 1.165) is 31.5 Å². The fraction of sp³-hybridized carbons (Fsp3) is 0.350. The molecule has 0 aliphatic carbocycles. The number of ether oxygens (including phenoxy) is 2. The van der Waals surface area contributed by atoms with E-state index in [-0.39, 0.29) is 12.5 Å². The summed E-state index contributed by atoms with van der Waals surface area (Å²) in [6.45, 7) is 2.53. The number of carbonyl (C=O) groups is 3. The Morgan fingerprint density at radius 2 is 1.89 bits per heavy atom. The number of halogens is 1. The number of H-pyrrole nitrogens is 1. The van der Waals surface area contributed by atoms with Gasteiger partial charge in [-0.3, -0.25) is 9.59 Å². The van der Waals surface area contributed by atoms with Crippen LogP contribution in [0.3, 0.4) is 0 Å². The molecule has 148 valence electrons. The van der Waals surface area contributed by atoms with Gasteiger partial charge in [-0.1, -0.05) is 11.6 Å². The van der Waals surface area contributed by atoms with Gasteiger partial charge in [-0.25, -0.2) is 4.79 Å². The van der Waals surface area contributed by atoms with Crippen molar-refractivity contribution in [1.82, 2.24) is 9.88 Å². The third-order valence-electron chi connectivity index (χ3n) is 4.48. The van der Waals surface area contributed by atoms with Crippen LogP contribution in [0.4, 0.5) is 0 Å². The first-order chi connectivity index (χ1) is 13.4. The number of hydrogen-bond acceptors (Lipinski definition) is 5. The highest BCUT2D eigenvalue weighted by Gasteiger charge is 2.22. The zero-order valence-electron chi connectivity index (χ0n) is 15.5. The van der Waals surface area contributed by atoms with Crippen molar-refractivity contribution in [1.29, 1.82) is 0 Å². The Bertz CT molecular complexity index is 886. The minimum atomic E-state index is -0.661.